The van der Waals surface area contributed by atoms with Gasteiger partial charge in [-0.15, -0.1) is 4.68 Å². The van der Waals surface area contributed by atoms with Crippen LogP contribution in [-0.4, -0.2) is 9.78 Å². The molecular weight excluding hydrogens is 272 g/mol. The molecule has 1 aromatic heterocycles. The van der Waals surface area contributed by atoms with E-state index in [9.17, 15) is 5.21 Å². The molecule has 2 rings (SSSR count). The molecule has 0 aliphatic heterocycles. The van der Waals surface area contributed by atoms with Crippen LogP contribution in [0.1, 0.15) is 19.9 Å². The lowest BCUT2D eigenvalue weighted by molar-refractivity contribution is -0.748. The first-order chi connectivity index (χ1) is 7.43. The molecule has 0 aliphatic rings. The number of hydrogen-bond donors (Lipinski definition) is 0. The van der Waals surface area contributed by atoms with Crippen molar-refractivity contribution >= 4 is 45.8 Å². The third-order valence-corrected chi connectivity index (χ3v) is 3.46. The van der Waals surface area contributed by atoms with E-state index in [0.717, 1.165) is 0 Å². The summed E-state index contributed by atoms with van der Waals surface area (Å²) in [4.78, 5) is 0.494. The van der Waals surface area contributed by atoms with E-state index < -0.39 is 0 Å². The van der Waals surface area contributed by atoms with Gasteiger partial charge in [0.05, 0.1) is 21.1 Å². The van der Waals surface area contributed by atoms with Crippen LogP contribution in [0.5, 0.6) is 0 Å². The van der Waals surface area contributed by atoms with E-state index >= 15 is 0 Å². The molecule has 2 aromatic rings. The Morgan fingerprint density at radius 1 is 1.31 bits per heavy atom. The number of halogens is 3. The molecule has 7 heteroatoms. The fraction of sp³-hybridized carbons (Fsp3) is 0.333. The number of rotatable bonds is 1. The van der Waals surface area contributed by atoms with Gasteiger partial charge in [0.2, 0.25) is 0 Å². The van der Waals surface area contributed by atoms with Crippen molar-refractivity contribution < 1.29 is 4.96 Å². The Kier molecular flexibility index (Phi) is 2.90. The maximum absolute atomic E-state index is 11.6. The summed E-state index contributed by atoms with van der Waals surface area (Å²) >= 11 is 17.8. The second kappa shape index (κ2) is 3.95. The first kappa shape index (κ1) is 11.8. The monoisotopic (exact) mass is 279 g/mol. The zero-order chi connectivity index (χ0) is 12.0. The summed E-state index contributed by atoms with van der Waals surface area (Å²) in [7, 11) is 0. The molecule has 4 nitrogen and oxygen atoms in total. The summed E-state index contributed by atoms with van der Waals surface area (Å²) in [6, 6.07) is 1.45. The molecule has 0 radical (unpaired) electrons. The Balaban J connectivity index is 2.93. The van der Waals surface area contributed by atoms with Crippen molar-refractivity contribution in [2.45, 2.75) is 19.9 Å². The molecule has 0 unspecified atom stereocenters. The highest BCUT2D eigenvalue weighted by atomic mass is 35.5. The number of benzene rings is 1. The Hall–Kier alpha value is -0.710. The normalized spacial score (nSPS) is 11.6. The van der Waals surface area contributed by atoms with E-state index in [4.69, 9.17) is 34.8 Å². The van der Waals surface area contributed by atoms with E-state index in [0.29, 0.717) is 16.0 Å². The van der Waals surface area contributed by atoms with Gasteiger partial charge in [0.15, 0.2) is 11.0 Å². The fourth-order valence-corrected chi connectivity index (χ4v) is 2.22. The molecule has 0 fully saturated rings. The second-order valence-corrected chi connectivity index (χ2v) is 4.81. The van der Waals surface area contributed by atoms with E-state index in [1.807, 2.05) is 13.8 Å². The first-order valence-corrected chi connectivity index (χ1v) is 5.72. The lowest BCUT2D eigenvalue weighted by Gasteiger charge is -2.06. The largest absolute Gasteiger partial charge is 0.571 e. The van der Waals surface area contributed by atoms with Gasteiger partial charge < -0.3 is 5.21 Å². The molecule has 0 spiro atoms. The molecule has 16 heavy (non-hydrogen) atoms. The van der Waals surface area contributed by atoms with E-state index in [2.05, 4.69) is 5.10 Å². The molecule has 0 bridgehead atoms. The SMILES string of the molecule is CC(C)n1c2c(Cl)c(Cl)c(Cl)cc2n[n+]1[O-]. The maximum Gasteiger partial charge on any atom is 0.167 e. The molecule has 1 aromatic carbocycles. The summed E-state index contributed by atoms with van der Waals surface area (Å²) < 4.78 is 1.42. The number of aromatic nitrogens is 3. The summed E-state index contributed by atoms with van der Waals surface area (Å²) in [5, 5.41) is 16.1. The number of fused-ring (bicyclic) bond motifs is 1. The van der Waals surface area contributed by atoms with Crippen LogP contribution in [0.4, 0.5) is 0 Å². The number of nitrogens with zero attached hydrogens (tertiary/aromatic N) is 3. The Labute approximate surface area is 107 Å². The summed E-state index contributed by atoms with van der Waals surface area (Å²) in [6.07, 6.45) is 0. The van der Waals surface area contributed by atoms with Crippen molar-refractivity contribution in [3.05, 3.63) is 26.3 Å². The van der Waals surface area contributed by atoms with Crippen molar-refractivity contribution in [3.8, 4) is 0 Å². The van der Waals surface area contributed by atoms with Gasteiger partial charge in [-0.05, 0) is 19.9 Å². The summed E-state index contributed by atoms with van der Waals surface area (Å²) in [5.74, 6) is 0. The predicted molar refractivity (Wildman–Crippen MR) is 64.1 cm³/mol. The molecule has 0 saturated carbocycles. The second-order valence-electron chi connectivity index (χ2n) is 3.65. The van der Waals surface area contributed by atoms with E-state index in [1.54, 1.807) is 0 Å². The summed E-state index contributed by atoms with van der Waals surface area (Å²) in [6.45, 7) is 3.71. The van der Waals surface area contributed by atoms with Crippen LogP contribution in [0.15, 0.2) is 6.07 Å². The van der Waals surface area contributed by atoms with Crippen molar-refractivity contribution in [1.29, 1.82) is 0 Å². The smallest absolute Gasteiger partial charge is 0.167 e. The van der Waals surface area contributed by atoms with Crippen LogP contribution >= 0.6 is 34.8 Å². The highest BCUT2D eigenvalue weighted by Crippen LogP contribution is 2.36. The van der Waals surface area contributed by atoms with Crippen molar-refractivity contribution in [1.82, 2.24) is 9.78 Å². The van der Waals surface area contributed by atoms with Crippen LogP contribution < -0.4 is 4.96 Å². The van der Waals surface area contributed by atoms with Crippen LogP contribution in [0.2, 0.25) is 15.1 Å². The third kappa shape index (κ3) is 1.61. The predicted octanol–water partition coefficient (Wildman–Crippen LogP) is 3.21. The number of hydrogen-bond acceptors (Lipinski definition) is 2. The van der Waals surface area contributed by atoms with Crippen LogP contribution in [0.3, 0.4) is 0 Å². The van der Waals surface area contributed by atoms with Gasteiger partial charge in [-0.3, -0.25) is 0 Å². The van der Waals surface area contributed by atoms with Gasteiger partial charge in [-0.1, -0.05) is 34.8 Å². The van der Waals surface area contributed by atoms with Crippen molar-refractivity contribution in [3.63, 3.8) is 0 Å². The van der Waals surface area contributed by atoms with Gasteiger partial charge in [0, 0.05) is 10.1 Å². The minimum absolute atomic E-state index is 0.0720. The van der Waals surface area contributed by atoms with Gasteiger partial charge >= 0.3 is 0 Å². The average molecular weight is 281 g/mol. The Morgan fingerprint density at radius 2 is 1.94 bits per heavy atom. The highest BCUT2D eigenvalue weighted by molar-refractivity contribution is 6.50. The van der Waals surface area contributed by atoms with Gasteiger partial charge in [0.1, 0.15) is 0 Å². The zero-order valence-electron chi connectivity index (χ0n) is 8.54. The molecular formula is C9H8Cl3N3O. The minimum Gasteiger partial charge on any atom is -0.571 e. The quantitative estimate of drug-likeness (QED) is 0.457. The van der Waals surface area contributed by atoms with Crippen LogP contribution in [0, 0.1) is 5.21 Å². The zero-order valence-corrected chi connectivity index (χ0v) is 10.8. The van der Waals surface area contributed by atoms with Gasteiger partial charge in [-0.25, -0.2) is 0 Å². The standard InChI is InChI=1S/C9H8Cl3N3O/c1-4(2)14-9-6(13-15(14)16)3-5(10)7(11)8(9)12/h3-4H,1-2H3. The first-order valence-electron chi connectivity index (χ1n) is 4.59. The Morgan fingerprint density at radius 3 is 2.50 bits per heavy atom. The molecule has 1 heterocycles. The molecule has 0 N–H and O–H groups in total. The topological polar surface area (TPSA) is 44.8 Å². The highest BCUT2D eigenvalue weighted by Gasteiger charge is 2.22. The van der Waals surface area contributed by atoms with E-state index in [1.165, 1.54) is 10.7 Å². The van der Waals surface area contributed by atoms with Crippen LogP contribution in [-0.2, 0) is 0 Å². The molecule has 0 atom stereocenters. The van der Waals surface area contributed by atoms with Crippen molar-refractivity contribution in [2.24, 2.45) is 0 Å². The van der Waals surface area contributed by atoms with Crippen molar-refractivity contribution in [2.75, 3.05) is 0 Å². The maximum atomic E-state index is 11.6. The van der Waals surface area contributed by atoms with Gasteiger partial charge in [-0.2, -0.15) is 0 Å². The molecule has 0 saturated heterocycles. The molecule has 86 valence electrons. The molecule has 0 aliphatic carbocycles. The summed E-state index contributed by atoms with van der Waals surface area (Å²) in [5.41, 5.74) is 0.934. The lowest BCUT2D eigenvalue weighted by Crippen LogP contribution is -2.40. The van der Waals surface area contributed by atoms with Gasteiger partial charge in [0.25, 0.3) is 0 Å². The third-order valence-electron chi connectivity index (χ3n) is 2.21. The fourth-order valence-electron chi connectivity index (χ4n) is 1.55. The minimum atomic E-state index is -0.0720. The average Bonchev–Trinajstić information content (AvgIpc) is 2.51. The Bertz CT molecular complexity index is 565. The molecule has 0 amide bonds. The lowest BCUT2D eigenvalue weighted by atomic mass is 10.3. The van der Waals surface area contributed by atoms with Crippen LogP contribution in [0.25, 0.3) is 11.0 Å². The van der Waals surface area contributed by atoms with E-state index in [-0.39, 0.29) is 21.1 Å².